The molecule has 0 bridgehead atoms. The fourth-order valence-electron chi connectivity index (χ4n) is 1.45. The maximum absolute atomic E-state index is 11.6. The summed E-state index contributed by atoms with van der Waals surface area (Å²) >= 11 is 0. The second kappa shape index (κ2) is 5.34. The van der Waals surface area contributed by atoms with E-state index in [2.05, 4.69) is 0 Å². The number of carboxylic acid groups (broad SMARTS) is 1. The zero-order valence-corrected chi connectivity index (χ0v) is 9.46. The number of carboxylic acids is 1. The van der Waals surface area contributed by atoms with Crippen LogP contribution in [-0.4, -0.2) is 40.0 Å². The Kier molecular flexibility index (Phi) is 4.10. The fourth-order valence-corrected chi connectivity index (χ4v) is 1.45. The number of hydrogen-bond acceptors (Lipinski definition) is 2. The quantitative estimate of drug-likeness (QED) is 0.811. The zero-order valence-electron chi connectivity index (χ0n) is 9.46. The molecule has 0 aliphatic rings. The average Bonchev–Trinajstić information content (AvgIpc) is 2.68. The van der Waals surface area contributed by atoms with Crippen molar-refractivity contribution in [2.24, 2.45) is 0 Å². The molecule has 0 fully saturated rings. The van der Waals surface area contributed by atoms with E-state index < -0.39 is 5.97 Å². The van der Waals surface area contributed by atoms with Crippen molar-refractivity contribution in [1.82, 2.24) is 9.47 Å². The SMILES string of the molecule is CC(CC(=O)N(C)CC(=O)O)n1cccc1. The van der Waals surface area contributed by atoms with Gasteiger partial charge in [-0.1, -0.05) is 0 Å². The van der Waals surface area contributed by atoms with Gasteiger partial charge in [0.2, 0.25) is 5.91 Å². The van der Waals surface area contributed by atoms with E-state index in [9.17, 15) is 9.59 Å². The average molecular weight is 224 g/mol. The van der Waals surface area contributed by atoms with Crippen LogP contribution in [0.25, 0.3) is 0 Å². The number of nitrogens with zero attached hydrogens (tertiary/aromatic N) is 2. The minimum Gasteiger partial charge on any atom is -0.480 e. The number of amides is 1. The van der Waals surface area contributed by atoms with Gasteiger partial charge in [0.1, 0.15) is 6.54 Å². The van der Waals surface area contributed by atoms with Crippen molar-refractivity contribution in [1.29, 1.82) is 0 Å². The largest absolute Gasteiger partial charge is 0.480 e. The Bertz CT molecular complexity index is 359. The first-order valence-corrected chi connectivity index (χ1v) is 5.09. The molecule has 0 spiro atoms. The summed E-state index contributed by atoms with van der Waals surface area (Å²) in [6.07, 6.45) is 4.07. The number of carbonyl (C=O) groups is 2. The summed E-state index contributed by atoms with van der Waals surface area (Å²) in [5.41, 5.74) is 0. The monoisotopic (exact) mass is 224 g/mol. The number of likely N-dealkylation sites (N-methyl/N-ethyl adjacent to an activating group) is 1. The van der Waals surface area contributed by atoms with Crippen molar-refractivity contribution < 1.29 is 14.7 Å². The Labute approximate surface area is 94.3 Å². The van der Waals surface area contributed by atoms with Crippen LogP contribution in [0.1, 0.15) is 19.4 Å². The molecule has 1 heterocycles. The Hall–Kier alpha value is -1.78. The summed E-state index contributed by atoms with van der Waals surface area (Å²) in [7, 11) is 1.50. The lowest BCUT2D eigenvalue weighted by atomic mass is 10.2. The van der Waals surface area contributed by atoms with Crippen LogP contribution in [0.2, 0.25) is 0 Å². The van der Waals surface area contributed by atoms with Gasteiger partial charge in [-0.2, -0.15) is 0 Å². The molecule has 0 aliphatic heterocycles. The molecule has 0 saturated carbocycles. The molecule has 1 unspecified atom stereocenters. The Morgan fingerprint density at radius 1 is 1.38 bits per heavy atom. The Morgan fingerprint density at radius 3 is 2.44 bits per heavy atom. The van der Waals surface area contributed by atoms with Crippen molar-refractivity contribution in [3.05, 3.63) is 24.5 Å². The van der Waals surface area contributed by atoms with Crippen LogP contribution in [0.5, 0.6) is 0 Å². The molecule has 1 N–H and O–H groups in total. The van der Waals surface area contributed by atoms with Crippen molar-refractivity contribution in [3.63, 3.8) is 0 Å². The van der Waals surface area contributed by atoms with Crippen molar-refractivity contribution in [2.75, 3.05) is 13.6 Å². The van der Waals surface area contributed by atoms with Gasteiger partial charge in [0.15, 0.2) is 0 Å². The van der Waals surface area contributed by atoms with Gasteiger partial charge in [0.25, 0.3) is 0 Å². The third-order valence-electron chi connectivity index (χ3n) is 2.40. The van der Waals surface area contributed by atoms with Gasteiger partial charge in [-0.05, 0) is 19.1 Å². The molecule has 16 heavy (non-hydrogen) atoms. The molecule has 0 aromatic carbocycles. The van der Waals surface area contributed by atoms with Crippen LogP contribution in [0, 0.1) is 0 Å². The second-order valence-corrected chi connectivity index (χ2v) is 3.83. The first-order chi connectivity index (χ1) is 7.50. The molecular formula is C11H16N2O3. The maximum atomic E-state index is 11.6. The number of aliphatic carboxylic acids is 1. The molecule has 0 aliphatic carbocycles. The molecule has 1 atom stereocenters. The normalized spacial score (nSPS) is 12.1. The van der Waals surface area contributed by atoms with E-state index in [1.165, 1.54) is 11.9 Å². The molecule has 1 aromatic rings. The minimum absolute atomic E-state index is 0.0405. The van der Waals surface area contributed by atoms with Crippen molar-refractivity contribution in [2.45, 2.75) is 19.4 Å². The van der Waals surface area contributed by atoms with Crippen LogP contribution >= 0.6 is 0 Å². The fraction of sp³-hybridized carbons (Fsp3) is 0.455. The Morgan fingerprint density at radius 2 is 1.94 bits per heavy atom. The predicted octanol–water partition coefficient (Wildman–Crippen LogP) is 0.982. The molecule has 0 radical (unpaired) electrons. The van der Waals surface area contributed by atoms with Gasteiger partial charge in [-0.3, -0.25) is 9.59 Å². The first-order valence-electron chi connectivity index (χ1n) is 5.09. The molecule has 0 saturated heterocycles. The third-order valence-corrected chi connectivity index (χ3v) is 2.40. The summed E-state index contributed by atoms with van der Waals surface area (Å²) < 4.78 is 1.92. The van der Waals surface area contributed by atoms with E-state index in [4.69, 9.17) is 5.11 Å². The van der Waals surface area contributed by atoms with Crippen molar-refractivity contribution in [3.8, 4) is 0 Å². The van der Waals surface area contributed by atoms with Crippen molar-refractivity contribution >= 4 is 11.9 Å². The van der Waals surface area contributed by atoms with Crippen LogP contribution in [-0.2, 0) is 9.59 Å². The van der Waals surface area contributed by atoms with E-state index in [1.807, 2.05) is 36.0 Å². The Balaban J connectivity index is 2.48. The molecule has 5 nitrogen and oxygen atoms in total. The summed E-state index contributed by atoms with van der Waals surface area (Å²) in [5.74, 6) is -1.16. The second-order valence-electron chi connectivity index (χ2n) is 3.83. The topological polar surface area (TPSA) is 62.5 Å². The number of rotatable bonds is 5. The molecule has 88 valence electrons. The maximum Gasteiger partial charge on any atom is 0.323 e. The smallest absolute Gasteiger partial charge is 0.323 e. The van der Waals surface area contributed by atoms with Crippen LogP contribution < -0.4 is 0 Å². The molecule has 1 rings (SSSR count). The standard InChI is InChI=1S/C11H16N2O3/c1-9(13-5-3-4-6-13)7-10(14)12(2)8-11(15)16/h3-6,9H,7-8H2,1-2H3,(H,15,16). The molecule has 5 heteroatoms. The lowest BCUT2D eigenvalue weighted by Crippen LogP contribution is -2.33. The summed E-state index contributed by atoms with van der Waals surface area (Å²) in [5, 5.41) is 8.55. The van der Waals surface area contributed by atoms with Gasteiger partial charge >= 0.3 is 5.97 Å². The number of carbonyl (C=O) groups excluding carboxylic acids is 1. The van der Waals surface area contributed by atoms with Gasteiger partial charge in [-0.15, -0.1) is 0 Å². The lowest BCUT2D eigenvalue weighted by Gasteiger charge is -2.18. The lowest BCUT2D eigenvalue weighted by molar-refractivity contribution is -0.143. The highest BCUT2D eigenvalue weighted by atomic mass is 16.4. The van der Waals surface area contributed by atoms with E-state index >= 15 is 0 Å². The van der Waals surface area contributed by atoms with Gasteiger partial charge < -0.3 is 14.6 Å². The van der Waals surface area contributed by atoms with E-state index in [0.717, 1.165) is 0 Å². The van der Waals surface area contributed by atoms with E-state index in [1.54, 1.807) is 0 Å². The van der Waals surface area contributed by atoms with Gasteiger partial charge in [0.05, 0.1) is 0 Å². The number of hydrogen-bond donors (Lipinski definition) is 1. The molecule has 1 amide bonds. The van der Waals surface area contributed by atoms with Crippen LogP contribution in [0.3, 0.4) is 0 Å². The third kappa shape index (κ3) is 3.42. The summed E-state index contributed by atoms with van der Waals surface area (Å²) in [4.78, 5) is 23.3. The van der Waals surface area contributed by atoms with E-state index in [0.29, 0.717) is 6.42 Å². The zero-order chi connectivity index (χ0) is 12.1. The first kappa shape index (κ1) is 12.3. The van der Waals surface area contributed by atoms with E-state index in [-0.39, 0.29) is 18.5 Å². The molecule has 1 aromatic heterocycles. The predicted molar refractivity (Wildman–Crippen MR) is 59.0 cm³/mol. The van der Waals surface area contributed by atoms with Crippen LogP contribution in [0.4, 0.5) is 0 Å². The summed E-state index contributed by atoms with van der Waals surface area (Å²) in [6, 6.07) is 3.82. The number of aromatic nitrogens is 1. The van der Waals surface area contributed by atoms with Gasteiger partial charge in [-0.25, -0.2) is 0 Å². The highest BCUT2D eigenvalue weighted by Crippen LogP contribution is 2.11. The summed E-state index contributed by atoms with van der Waals surface area (Å²) in [6.45, 7) is 1.67. The highest BCUT2D eigenvalue weighted by Gasteiger charge is 2.15. The van der Waals surface area contributed by atoms with Crippen LogP contribution in [0.15, 0.2) is 24.5 Å². The molecular weight excluding hydrogens is 208 g/mol. The minimum atomic E-state index is -0.996. The van der Waals surface area contributed by atoms with Gasteiger partial charge in [0, 0.05) is 31.9 Å². The highest BCUT2D eigenvalue weighted by molar-refractivity contribution is 5.81.